The topological polar surface area (TPSA) is 29.5 Å². The first-order valence-electron chi connectivity index (χ1n) is 6.67. The van der Waals surface area contributed by atoms with Crippen molar-refractivity contribution in [1.82, 2.24) is 4.90 Å². The maximum atomic E-state index is 12.4. The Hall–Kier alpha value is -0.620. The lowest BCUT2D eigenvalue weighted by molar-refractivity contribution is 0.0386. The Kier molecular flexibility index (Phi) is 5.21. The molecule has 4 heteroatoms. The highest BCUT2D eigenvalue weighted by atomic mass is 127. The van der Waals surface area contributed by atoms with Gasteiger partial charge in [0.25, 0.3) is 5.91 Å². The van der Waals surface area contributed by atoms with Crippen molar-refractivity contribution in [3.05, 3.63) is 33.4 Å². The molecule has 1 aliphatic rings. The summed E-state index contributed by atoms with van der Waals surface area (Å²) in [6.45, 7) is 0. The quantitative estimate of drug-likeness (QED) is 0.761. The normalized spacial score (nSPS) is 23.1. The highest BCUT2D eigenvalue weighted by Crippen LogP contribution is 2.25. The van der Waals surface area contributed by atoms with E-state index in [9.17, 15) is 4.79 Å². The number of amides is 1. The molecule has 0 radical (unpaired) electrons. The largest absolute Gasteiger partial charge is 0.381 e. The molecule has 0 bridgehead atoms. The number of ether oxygens (including phenoxy) is 1. The molecule has 1 saturated carbocycles. The molecule has 0 aromatic heterocycles. The zero-order valence-electron chi connectivity index (χ0n) is 11.4. The molecule has 1 amide bonds. The number of hydrogen-bond donors (Lipinski definition) is 0. The fourth-order valence-corrected chi connectivity index (χ4v) is 2.99. The van der Waals surface area contributed by atoms with Crippen molar-refractivity contribution in [2.75, 3.05) is 14.2 Å². The molecule has 104 valence electrons. The Labute approximate surface area is 128 Å². The van der Waals surface area contributed by atoms with Crippen LogP contribution >= 0.6 is 22.6 Å². The molecule has 0 spiro atoms. The fourth-order valence-electron chi connectivity index (χ4n) is 2.63. The van der Waals surface area contributed by atoms with Crippen LogP contribution in [0.4, 0.5) is 0 Å². The van der Waals surface area contributed by atoms with Crippen molar-refractivity contribution in [2.45, 2.75) is 37.8 Å². The van der Waals surface area contributed by atoms with Crippen molar-refractivity contribution in [3.8, 4) is 0 Å². The van der Waals surface area contributed by atoms with E-state index in [1.807, 2.05) is 36.2 Å². The van der Waals surface area contributed by atoms with E-state index in [2.05, 4.69) is 22.6 Å². The van der Waals surface area contributed by atoms with Gasteiger partial charge in [0.2, 0.25) is 0 Å². The third kappa shape index (κ3) is 3.69. The molecule has 3 nitrogen and oxygen atoms in total. The van der Waals surface area contributed by atoms with Gasteiger partial charge in [0.05, 0.1) is 6.10 Å². The van der Waals surface area contributed by atoms with Gasteiger partial charge in [0, 0.05) is 29.3 Å². The van der Waals surface area contributed by atoms with Crippen LogP contribution in [0.5, 0.6) is 0 Å². The molecule has 1 aliphatic carbocycles. The molecule has 0 heterocycles. The minimum atomic E-state index is 0.122. The second kappa shape index (κ2) is 6.70. The fraction of sp³-hybridized carbons (Fsp3) is 0.533. The van der Waals surface area contributed by atoms with Crippen LogP contribution < -0.4 is 0 Å². The zero-order chi connectivity index (χ0) is 13.8. The summed E-state index contributed by atoms with van der Waals surface area (Å²) in [4.78, 5) is 14.3. The summed E-state index contributed by atoms with van der Waals surface area (Å²) in [5, 5.41) is 0. The van der Waals surface area contributed by atoms with Crippen molar-refractivity contribution >= 4 is 28.5 Å². The summed E-state index contributed by atoms with van der Waals surface area (Å²) < 4.78 is 6.52. The number of carbonyl (C=O) groups is 1. The highest BCUT2D eigenvalue weighted by Gasteiger charge is 2.26. The van der Waals surface area contributed by atoms with Crippen LogP contribution in [0.1, 0.15) is 36.0 Å². The van der Waals surface area contributed by atoms with E-state index in [4.69, 9.17) is 4.74 Å². The van der Waals surface area contributed by atoms with Crippen molar-refractivity contribution < 1.29 is 9.53 Å². The smallest absolute Gasteiger partial charge is 0.253 e. The molecule has 2 rings (SSSR count). The van der Waals surface area contributed by atoms with Gasteiger partial charge in [-0.2, -0.15) is 0 Å². The molecule has 0 atom stereocenters. The molecule has 0 N–H and O–H groups in total. The minimum absolute atomic E-state index is 0.122. The van der Waals surface area contributed by atoms with Gasteiger partial charge < -0.3 is 9.64 Å². The second-order valence-electron chi connectivity index (χ2n) is 5.09. The number of nitrogens with zero attached hydrogens (tertiary/aromatic N) is 1. The van der Waals surface area contributed by atoms with Crippen LogP contribution in [0, 0.1) is 3.57 Å². The highest BCUT2D eigenvalue weighted by molar-refractivity contribution is 14.1. The Morgan fingerprint density at radius 1 is 1.21 bits per heavy atom. The Balaban J connectivity index is 1.98. The SMILES string of the molecule is COC1CCC(N(C)C(=O)c2ccc(I)cc2)CC1. The number of hydrogen-bond acceptors (Lipinski definition) is 2. The van der Waals surface area contributed by atoms with Crippen LogP contribution in [0.15, 0.2) is 24.3 Å². The molecular formula is C15H20INO2. The lowest BCUT2D eigenvalue weighted by Gasteiger charge is -2.34. The van der Waals surface area contributed by atoms with E-state index >= 15 is 0 Å². The Bertz CT molecular complexity index is 424. The summed E-state index contributed by atoms with van der Waals surface area (Å²) >= 11 is 2.25. The average molecular weight is 373 g/mol. The summed E-state index contributed by atoms with van der Waals surface area (Å²) in [7, 11) is 3.68. The first-order chi connectivity index (χ1) is 9.11. The molecule has 0 unspecified atom stereocenters. The minimum Gasteiger partial charge on any atom is -0.381 e. The standard InChI is InChI=1S/C15H20INO2/c1-17(13-7-9-14(19-2)10-8-13)15(18)11-3-5-12(16)6-4-11/h3-6,13-14H,7-10H2,1-2H3. The van der Waals surface area contributed by atoms with E-state index in [-0.39, 0.29) is 5.91 Å². The van der Waals surface area contributed by atoms with Gasteiger partial charge in [0.1, 0.15) is 0 Å². The second-order valence-corrected chi connectivity index (χ2v) is 6.33. The monoisotopic (exact) mass is 373 g/mol. The molecule has 1 fully saturated rings. The number of rotatable bonds is 3. The van der Waals surface area contributed by atoms with Gasteiger partial charge in [-0.15, -0.1) is 0 Å². The molecule has 19 heavy (non-hydrogen) atoms. The maximum Gasteiger partial charge on any atom is 0.253 e. The average Bonchev–Trinajstić information content (AvgIpc) is 2.46. The summed E-state index contributed by atoms with van der Waals surface area (Å²) in [5.74, 6) is 0.122. The van der Waals surface area contributed by atoms with Crippen LogP contribution in [0.2, 0.25) is 0 Å². The van der Waals surface area contributed by atoms with Crippen molar-refractivity contribution in [2.24, 2.45) is 0 Å². The van der Waals surface area contributed by atoms with Gasteiger partial charge in [-0.25, -0.2) is 0 Å². The molecule has 1 aromatic rings. The number of carbonyl (C=O) groups excluding carboxylic acids is 1. The third-order valence-electron chi connectivity index (χ3n) is 3.94. The van der Waals surface area contributed by atoms with Crippen LogP contribution in [0.3, 0.4) is 0 Å². The van der Waals surface area contributed by atoms with Gasteiger partial charge in [-0.1, -0.05) is 0 Å². The Morgan fingerprint density at radius 3 is 2.32 bits per heavy atom. The molecule has 1 aromatic carbocycles. The third-order valence-corrected chi connectivity index (χ3v) is 4.66. The van der Waals surface area contributed by atoms with Crippen molar-refractivity contribution in [3.63, 3.8) is 0 Å². The molecule has 0 aliphatic heterocycles. The van der Waals surface area contributed by atoms with E-state index in [1.54, 1.807) is 7.11 Å². The first kappa shape index (κ1) is 14.8. The number of benzene rings is 1. The zero-order valence-corrected chi connectivity index (χ0v) is 13.6. The summed E-state index contributed by atoms with van der Waals surface area (Å²) in [5.41, 5.74) is 0.775. The van der Waals surface area contributed by atoms with Gasteiger partial charge >= 0.3 is 0 Å². The predicted molar refractivity (Wildman–Crippen MR) is 84.3 cm³/mol. The number of halogens is 1. The van der Waals surface area contributed by atoms with E-state index in [0.29, 0.717) is 12.1 Å². The lowest BCUT2D eigenvalue weighted by Crippen LogP contribution is -2.40. The lowest BCUT2D eigenvalue weighted by atomic mass is 9.92. The van der Waals surface area contributed by atoms with E-state index < -0.39 is 0 Å². The number of methoxy groups -OCH3 is 1. The van der Waals surface area contributed by atoms with Gasteiger partial charge in [-0.3, -0.25) is 4.79 Å². The molecule has 0 saturated heterocycles. The van der Waals surface area contributed by atoms with E-state index in [1.165, 1.54) is 0 Å². The van der Waals surface area contributed by atoms with Crippen LogP contribution in [-0.2, 0) is 4.74 Å². The van der Waals surface area contributed by atoms with Crippen molar-refractivity contribution in [1.29, 1.82) is 0 Å². The van der Waals surface area contributed by atoms with Gasteiger partial charge in [0.15, 0.2) is 0 Å². The van der Waals surface area contributed by atoms with Gasteiger partial charge in [-0.05, 0) is 72.5 Å². The summed E-state index contributed by atoms with van der Waals surface area (Å²) in [6, 6.07) is 8.11. The predicted octanol–water partition coefficient (Wildman–Crippen LogP) is 3.32. The first-order valence-corrected chi connectivity index (χ1v) is 7.75. The molecular weight excluding hydrogens is 353 g/mol. The Morgan fingerprint density at radius 2 is 1.79 bits per heavy atom. The van der Waals surface area contributed by atoms with Crippen LogP contribution in [-0.4, -0.2) is 37.1 Å². The van der Waals surface area contributed by atoms with E-state index in [0.717, 1.165) is 34.8 Å². The van der Waals surface area contributed by atoms with Crippen LogP contribution in [0.25, 0.3) is 0 Å². The maximum absolute atomic E-state index is 12.4. The summed E-state index contributed by atoms with van der Waals surface area (Å²) in [6.07, 6.45) is 4.53.